The average molecular weight is 181 g/mol. The lowest BCUT2D eigenvalue weighted by atomic mass is 9.83. The second-order valence-electron chi connectivity index (χ2n) is 4.41. The lowest BCUT2D eigenvalue weighted by Crippen LogP contribution is -2.31. The summed E-state index contributed by atoms with van der Waals surface area (Å²) in [7, 11) is 0. The highest BCUT2D eigenvalue weighted by molar-refractivity contribution is 5.14. The summed E-state index contributed by atoms with van der Waals surface area (Å²) in [4.78, 5) is 0. The predicted molar refractivity (Wildman–Crippen MR) is 54.6 cm³/mol. The first-order valence-corrected chi connectivity index (χ1v) is 4.81. The lowest BCUT2D eigenvalue weighted by molar-refractivity contribution is 0.275. The summed E-state index contributed by atoms with van der Waals surface area (Å²) in [6.45, 7) is 9.79. The van der Waals surface area contributed by atoms with Gasteiger partial charge in [0.15, 0.2) is 0 Å². The monoisotopic (exact) mass is 181 g/mol. The van der Waals surface area contributed by atoms with Crippen LogP contribution in [0.2, 0.25) is 0 Å². The van der Waals surface area contributed by atoms with Gasteiger partial charge in [0.1, 0.15) is 0 Å². The first-order chi connectivity index (χ1) is 6.05. The molecule has 1 atom stereocenters. The molecule has 0 saturated heterocycles. The molecule has 13 heavy (non-hydrogen) atoms. The minimum absolute atomic E-state index is 0.222. The van der Waals surface area contributed by atoms with Gasteiger partial charge in [0, 0.05) is 11.6 Å². The zero-order valence-electron chi connectivity index (χ0n) is 8.92. The average Bonchev–Trinajstić information content (AvgIpc) is 2.49. The Hall–Kier alpha value is -0.760. The molecule has 1 unspecified atom stereocenters. The van der Waals surface area contributed by atoms with E-state index in [-0.39, 0.29) is 5.41 Å². The fourth-order valence-corrected chi connectivity index (χ4v) is 1.57. The molecule has 0 spiro atoms. The van der Waals surface area contributed by atoms with Crippen LogP contribution >= 0.6 is 0 Å². The van der Waals surface area contributed by atoms with E-state index in [1.165, 1.54) is 5.56 Å². The third-order valence-electron chi connectivity index (χ3n) is 2.15. The lowest BCUT2D eigenvalue weighted by Gasteiger charge is -2.30. The van der Waals surface area contributed by atoms with Gasteiger partial charge in [-0.15, -0.1) is 0 Å². The summed E-state index contributed by atoms with van der Waals surface area (Å²) in [6.07, 6.45) is 3.55. The van der Waals surface area contributed by atoms with E-state index >= 15 is 0 Å². The highest BCUT2D eigenvalue weighted by atomic mass is 16.3. The molecule has 0 aliphatic rings. The minimum Gasteiger partial charge on any atom is -0.472 e. The molecule has 0 amide bonds. The van der Waals surface area contributed by atoms with Crippen LogP contribution in [0.4, 0.5) is 0 Å². The minimum atomic E-state index is 0.222. The molecule has 1 aromatic heterocycles. The summed E-state index contributed by atoms with van der Waals surface area (Å²) in [5.74, 6) is 0. The number of hydrogen-bond acceptors (Lipinski definition) is 2. The van der Waals surface area contributed by atoms with Crippen LogP contribution in [0.5, 0.6) is 0 Å². The number of rotatable bonds is 3. The molecule has 1 heterocycles. The van der Waals surface area contributed by atoms with Gasteiger partial charge in [0.05, 0.1) is 12.5 Å². The third kappa shape index (κ3) is 2.59. The van der Waals surface area contributed by atoms with Crippen LogP contribution in [-0.4, -0.2) is 6.54 Å². The summed E-state index contributed by atoms with van der Waals surface area (Å²) in [5, 5.41) is 3.46. The first kappa shape index (κ1) is 10.3. The summed E-state index contributed by atoms with van der Waals surface area (Å²) in [6, 6.07) is 2.40. The van der Waals surface area contributed by atoms with Crippen LogP contribution in [0.3, 0.4) is 0 Å². The Morgan fingerprint density at radius 2 is 2.15 bits per heavy atom. The molecule has 2 heteroatoms. The zero-order chi connectivity index (χ0) is 9.90. The molecule has 0 saturated carbocycles. The largest absolute Gasteiger partial charge is 0.472 e. The van der Waals surface area contributed by atoms with Crippen molar-refractivity contribution in [1.82, 2.24) is 5.32 Å². The van der Waals surface area contributed by atoms with Gasteiger partial charge in [-0.2, -0.15) is 0 Å². The van der Waals surface area contributed by atoms with Crippen LogP contribution in [0.15, 0.2) is 23.0 Å². The van der Waals surface area contributed by atoms with Gasteiger partial charge >= 0.3 is 0 Å². The Labute approximate surface area is 80.3 Å². The van der Waals surface area contributed by atoms with Gasteiger partial charge in [-0.05, 0) is 18.0 Å². The van der Waals surface area contributed by atoms with Crippen molar-refractivity contribution in [3.05, 3.63) is 24.2 Å². The van der Waals surface area contributed by atoms with Crippen LogP contribution in [0.1, 0.15) is 39.3 Å². The van der Waals surface area contributed by atoms with Gasteiger partial charge in [-0.1, -0.05) is 27.7 Å². The fourth-order valence-electron chi connectivity index (χ4n) is 1.57. The molecule has 0 radical (unpaired) electrons. The van der Waals surface area contributed by atoms with Crippen molar-refractivity contribution in [2.45, 2.75) is 33.7 Å². The molecular formula is C11H19NO. The highest BCUT2D eigenvalue weighted by Crippen LogP contribution is 2.32. The molecule has 0 aliphatic heterocycles. The van der Waals surface area contributed by atoms with E-state index < -0.39 is 0 Å². The first-order valence-electron chi connectivity index (χ1n) is 4.81. The van der Waals surface area contributed by atoms with Crippen molar-refractivity contribution in [2.75, 3.05) is 6.54 Å². The van der Waals surface area contributed by atoms with Crippen molar-refractivity contribution in [2.24, 2.45) is 5.41 Å². The SMILES string of the molecule is CCNC(c1ccoc1)C(C)(C)C. The van der Waals surface area contributed by atoms with E-state index in [9.17, 15) is 0 Å². The Balaban J connectivity index is 2.81. The van der Waals surface area contributed by atoms with E-state index in [0.717, 1.165) is 6.54 Å². The van der Waals surface area contributed by atoms with Gasteiger partial charge in [-0.3, -0.25) is 0 Å². The molecule has 1 rings (SSSR count). The second-order valence-corrected chi connectivity index (χ2v) is 4.41. The zero-order valence-corrected chi connectivity index (χ0v) is 8.92. The Kier molecular flexibility index (Phi) is 3.15. The summed E-state index contributed by atoms with van der Waals surface area (Å²) in [5.41, 5.74) is 1.45. The van der Waals surface area contributed by atoms with Crippen molar-refractivity contribution in [3.63, 3.8) is 0 Å². The van der Waals surface area contributed by atoms with Crippen molar-refractivity contribution >= 4 is 0 Å². The van der Waals surface area contributed by atoms with Crippen LogP contribution in [0.25, 0.3) is 0 Å². The Morgan fingerprint density at radius 3 is 2.54 bits per heavy atom. The van der Waals surface area contributed by atoms with Crippen molar-refractivity contribution < 1.29 is 4.42 Å². The molecule has 0 aliphatic carbocycles. The number of furan rings is 1. The molecule has 2 nitrogen and oxygen atoms in total. The van der Waals surface area contributed by atoms with E-state index in [4.69, 9.17) is 4.42 Å². The van der Waals surface area contributed by atoms with Gasteiger partial charge < -0.3 is 9.73 Å². The normalized spacial score (nSPS) is 14.5. The quantitative estimate of drug-likeness (QED) is 0.775. The second kappa shape index (κ2) is 3.97. The van der Waals surface area contributed by atoms with Crippen LogP contribution < -0.4 is 5.32 Å². The maximum absolute atomic E-state index is 5.10. The van der Waals surface area contributed by atoms with E-state index in [1.54, 1.807) is 6.26 Å². The van der Waals surface area contributed by atoms with Gasteiger partial charge in [0.2, 0.25) is 0 Å². The number of hydrogen-bond donors (Lipinski definition) is 1. The van der Waals surface area contributed by atoms with Crippen molar-refractivity contribution in [1.29, 1.82) is 0 Å². The molecule has 1 aromatic rings. The maximum atomic E-state index is 5.10. The summed E-state index contributed by atoms with van der Waals surface area (Å²) < 4.78 is 5.10. The fraction of sp³-hybridized carbons (Fsp3) is 0.636. The third-order valence-corrected chi connectivity index (χ3v) is 2.15. The van der Waals surface area contributed by atoms with Crippen LogP contribution in [-0.2, 0) is 0 Å². The van der Waals surface area contributed by atoms with Crippen LogP contribution in [0, 0.1) is 5.41 Å². The standard InChI is InChI=1S/C11H19NO/c1-5-12-10(11(2,3)4)9-6-7-13-8-9/h6-8,10,12H,5H2,1-4H3. The van der Waals surface area contributed by atoms with E-state index in [1.807, 2.05) is 12.3 Å². The summed E-state index contributed by atoms with van der Waals surface area (Å²) >= 11 is 0. The molecule has 1 N–H and O–H groups in total. The van der Waals surface area contributed by atoms with E-state index in [0.29, 0.717) is 6.04 Å². The maximum Gasteiger partial charge on any atom is 0.0950 e. The van der Waals surface area contributed by atoms with E-state index in [2.05, 4.69) is 33.0 Å². The topological polar surface area (TPSA) is 25.2 Å². The Bertz CT molecular complexity index is 233. The molecule has 0 fully saturated rings. The highest BCUT2D eigenvalue weighted by Gasteiger charge is 2.25. The molecule has 0 bridgehead atoms. The smallest absolute Gasteiger partial charge is 0.0950 e. The Morgan fingerprint density at radius 1 is 1.46 bits per heavy atom. The molecular weight excluding hydrogens is 162 g/mol. The van der Waals surface area contributed by atoms with Gasteiger partial charge in [0.25, 0.3) is 0 Å². The predicted octanol–water partition coefficient (Wildman–Crippen LogP) is 2.98. The molecule has 74 valence electrons. The van der Waals surface area contributed by atoms with Crippen molar-refractivity contribution in [3.8, 4) is 0 Å². The number of nitrogens with one attached hydrogen (secondary N) is 1. The van der Waals surface area contributed by atoms with Gasteiger partial charge in [-0.25, -0.2) is 0 Å². The molecule has 0 aromatic carbocycles.